The van der Waals surface area contributed by atoms with Crippen molar-refractivity contribution in [2.45, 2.75) is 38.5 Å². The summed E-state index contributed by atoms with van der Waals surface area (Å²) in [6, 6.07) is 11.7. The third-order valence-electron chi connectivity index (χ3n) is 5.45. The van der Waals surface area contributed by atoms with Gasteiger partial charge in [0, 0.05) is 30.3 Å². The number of ether oxygens (including phenoxy) is 1. The summed E-state index contributed by atoms with van der Waals surface area (Å²) in [5.74, 6) is 0.161. The van der Waals surface area contributed by atoms with Gasteiger partial charge in [-0.2, -0.15) is 4.31 Å². The van der Waals surface area contributed by atoms with Crippen LogP contribution in [0.3, 0.4) is 0 Å². The van der Waals surface area contributed by atoms with Crippen molar-refractivity contribution in [3.8, 4) is 5.75 Å². The lowest BCUT2D eigenvalue weighted by molar-refractivity contribution is -0.120. The van der Waals surface area contributed by atoms with Crippen LogP contribution < -0.4 is 10.1 Å². The Kier molecular flexibility index (Phi) is 7.12. The second-order valence-electron chi connectivity index (χ2n) is 7.66. The van der Waals surface area contributed by atoms with E-state index in [0.29, 0.717) is 36.4 Å². The van der Waals surface area contributed by atoms with Gasteiger partial charge in [-0.05, 0) is 69.5 Å². The van der Waals surface area contributed by atoms with Gasteiger partial charge < -0.3 is 10.1 Å². The van der Waals surface area contributed by atoms with Gasteiger partial charge in [0.05, 0.1) is 11.5 Å². The zero-order chi connectivity index (χ0) is 22.6. The summed E-state index contributed by atoms with van der Waals surface area (Å²) in [5, 5.41) is 2.84. The Morgan fingerprint density at radius 2 is 1.84 bits per heavy atom. The van der Waals surface area contributed by atoms with E-state index in [1.165, 1.54) is 11.2 Å². The summed E-state index contributed by atoms with van der Waals surface area (Å²) >= 11 is 0. The average Bonchev–Trinajstić information content (AvgIpc) is 2.75. The second kappa shape index (κ2) is 9.62. The van der Waals surface area contributed by atoms with Crippen molar-refractivity contribution in [1.29, 1.82) is 0 Å². The second-order valence-corrected chi connectivity index (χ2v) is 9.60. The van der Waals surface area contributed by atoms with Crippen molar-refractivity contribution in [1.82, 2.24) is 4.31 Å². The van der Waals surface area contributed by atoms with Crippen molar-refractivity contribution in [2.75, 3.05) is 25.0 Å². The smallest absolute Gasteiger partial charge is 0.243 e. The summed E-state index contributed by atoms with van der Waals surface area (Å²) in [6.07, 6.45) is 0.876. The Hall–Kier alpha value is -2.71. The maximum atomic E-state index is 13.0. The van der Waals surface area contributed by atoms with Gasteiger partial charge in [0.2, 0.25) is 15.9 Å². The van der Waals surface area contributed by atoms with Crippen LogP contribution in [0.2, 0.25) is 0 Å². The number of nitrogens with one attached hydrogen (secondary N) is 1. The quantitative estimate of drug-likeness (QED) is 0.658. The van der Waals surface area contributed by atoms with E-state index in [1.807, 2.05) is 13.8 Å². The molecule has 0 atom stereocenters. The maximum absolute atomic E-state index is 13.0. The van der Waals surface area contributed by atoms with E-state index in [2.05, 4.69) is 5.32 Å². The number of rotatable bonds is 7. The molecule has 0 bridgehead atoms. The summed E-state index contributed by atoms with van der Waals surface area (Å²) in [7, 11) is -3.63. The number of nitrogens with zero attached hydrogens (tertiary/aromatic N) is 1. The highest BCUT2D eigenvalue weighted by atomic mass is 32.2. The van der Waals surface area contributed by atoms with E-state index in [-0.39, 0.29) is 35.6 Å². The Bertz CT molecular complexity index is 1070. The molecule has 1 aliphatic heterocycles. The van der Waals surface area contributed by atoms with Gasteiger partial charge >= 0.3 is 0 Å². The number of hydrogen-bond acceptors (Lipinski definition) is 5. The minimum absolute atomic E-state index is 0.0702. The summed E-state index contributed by atoms with van der Waals surface area (Å²) in [4.78, 5) is 24.4. The fourth-order valence-corrected chi connectivity index (χ4v) is 5.22. The zero-order valence-electron chi connectivity index (χ0n) is 18.1. The van der Waals surface area contributed by atoms with Crippen molar-refractivity contribution >= 4 is 27.4 Å². The molecule has 0 unspecified atom stereocenters. The first-order valence-corrected chi connectivity index (χ1v) is 11.8. The summed E-state index contributed by atoms with van der Waals surface area (Å²) in [6.45, 7) is 6.25. The van der Waals surface area contributed by atoms with Crippen molar-refractivity contribution < 1.29 is 22.7 Å². The van der Waals surface area contributed by atoms with Crippen LogP contribution in [0, 0.1) is 12.8 Å². The minimum Gasteiger partial charge on any atom is -0.494 e. The molecule has 8 heteroatoms. The van der Waals surface area contributed by atoms with Gasteiger partial charge in [-0.3, -0.25) is 9.59 Å². The van der Waals surface area contributed by atoms with Crippen LogP contribution in [0.5, 0.6) is 5.75 Å². The molecule has 0 aliphatic carbocycles. The number of aryl methyl sites for hydroxylation is 1. The lowest BCUT2D eigenvalue weighted by Gasteiger charge is -2.30. The standard InChI is InChI=1S/C23H28N2O5S/c1-4-30-22-9-8-21(14-16(22)2)31(28,29)25-12-10-18(11-13-25)23(27)24-20-7-5-6-19(15-20)17(3)26/h5-9,14-15,18H,4,10-13H2,1-3H3,(H,24,27). The Labute approximate surface area is 183 Å². The molecular weight excluding hydrogens is 416 g/mol. The summed E-state index contributed by atoms with van der Waals surface area (Å²) in [5.41, 5.74) is 1.87. The molecule has 1 heterocycles. The first-order chi connectivity index (χ1) is 14.7. The average molecular weight is 445 g/mol. The number of anilines is 1. The van der Waals surface area contributed by atoms with E-state index in [1.54, 1.807) is 42.5 Å². The van der Waals surface area contributed by atoms with Gasteiger partial charge in [0.25, 0.3) is 0 Å². The first kappa shape index (κ1) is 23.0. The fourth-order valence-electron chi connectivity index (χ4n) is 3.67. The number of Topliss-reactive ketones (excluding diaryl/α,β-unsaturated/α-hetero) is 1. The molecule has 1 aliphatic rings. The Morgan fingerprint density at radius 1 is 1.13 bits per heavy atom. The van der Waals surface area contributed by atoms with Gasteiger partial charge in [-0.25, -0.2) is 8.42 Å². The molecule has 0 radical (unpaired) electrons. The van der Waals surface area contributed by atoms with Gasteiger partial charge in [0.15, 0.2) is 5.78 Å². The molecule has 2 aromatic rings. The SMILES string of the molecule is CCOc1ccc(S(=O)(=O)N2CCC(C(=O)Nc3cccc(C(C)=O)c3)CC2)cc1C. The molecule has 31 heavy (non-hydrogen) atoms. The molecule has 0 saturated carbocycles. The number of carbonyl (C=O) groups excluding carboxylic acids is 2. The highest BCUT2D eigenvalue weighted by Gasteiger charge is 2.32. The number of piperidine rings is 1. The fraction of sp³-hybridized carbons (Fsp3) is 0.391. The topological polar surface area (TPSA) is 92.8 Å². The normalized spacial score (nSPS) is 15.5. The molecule has 3 rings (SSSR count). The van der Waals surface area contributed by atoms with Gasteiger partial charge in [0.1, 0.15) is 5.75 Å². The molecule has 166 valence electrons. The molecule has 1 saturated heterocycles. The van der Waals surface area contributed by atoms with Crippen LogP contribution in [0.1, 0.15) is 42.6 Å². The van der Waals surface area contributed by atoms with E-state index in [0.717, 1.165) is 5.56 Å². The summed E-state index contributed by atoms with van der Waals surface area (Å²) < 4.78 is 33.0. The minimum atomic E-state index is -3.63. The number of sulfonamides is 1. The molecule has 1 N–H and O–H groups in total. The third kappa shape index (κ3) is 5.32. The Balaban J connectivity index is 1.63. The van der Waals surface area contributed by atoms with E-state index < -0.39 is 10.0 Å². The van der Waals surface area contributed by atoms with Crippen LogP contribution in [-0.2, 0) is 14.8 Å². The van der Waals surface area contributed by atoms with Crippen molar-refractivity contribution in [3.63, 3.8) is 0 Å². The van der Waals surface area contributed by atoms with E-state index in [4.69, 9.17) is 4.74 Å². The molecule has 1 fully saturated rings. The number of benzene rings is 2. The molecule has 0 spiro atoms. The van der Waals surface area contributed by atoms with Crippen LogP contribution in [0.4, 0.5) is 5.69 Å². The lowest BCUT2D eigenvalue weighted by Crippen LogP contribution is -2.41. The molecule has 7 nitrogen and oxygen atoms in total. The lowest BCUT2D eigenvalue weighted by atomic mass is 9.97. The predicted molar refractivity (Wildman–Crippen MR) is 119 cm³/mol. The Morgan fingerprint density at radius 3 is 2.45 bits per heavy atom. The molecule has 1 amide bonds. The number of ketones is 1. The zero-order valence-corrected chi connectivity index (χ0v) is 18.9. The number of amides is 1. The molecular formula is C23H28N2O5S. The monoisotopic (exact) mass is 444 g/mol. The van der Waals surface area contributed by atoms with Crippen molar-refractivity contribution in [3.05, 3.63) is 53.6 Å². The predicted octanol–water partition coefficient (Wildman–Crippen LogP) is 3.64. The third-order valence-corrected chi connectivity index (χ3v) is 7.34. The number of hydrogen-bond donors (Lipinski definition) is 1. The number of carbonyl (C=O) groups is 2. The molecule has 0 aromatic heterocycles. The van der Waals surface area contributed by atoms with Gasteiger partial charge in [-0.15, -0.1) is 0 Å². The van der Waals surface area contributed by atoms with E-state index >= 15 is 0 Å². The van der Waals surface area contributed by atoms with Gasteiger partial charge in [-0.1, -0.05) is 12.1 Å². The maximum Gasteiger partial charge on any atom is 0.243 e. The van der Waals surface area contributed by atoms with Crippen LogP contribution in [0.25, 0.3) is 0 Å². The highest BCUT2D eigenvalue weighted by Crippen LogP contribution is 2.28. The van der Waals surface area contributed by atoms with E-state index in [9.17, 15) is 18.0 Å². The first-order valence-electron chi connectivity index (χ1n) is 10.4. The molecule has 2 aromatic carbocycles. The van der Waals surface area contributed by atoms with Crippen molar-refractivity contribution in [2.24, 2.45) is 5.92 Å². The van der Waals surface area contributed by atoms with Crippen LogP contribution in [-0.4, -0.2) is 44.1 Å². The van der Waals surface area contributed by atoms with Crippen LogP contribution in [0.15, 0.2) is 47.4 Å². The van der Waals surface area contributed by atoms with Crippen LogP contribution >= 0.6 is 0 Å². The highest BCUT2D eigenvalue weighted by molar-refractivity contribution is 7.89. The largest absolute Gasteiger partial charge is 0.494 e.